The molecule has 0 heterocycles. The van der Waals surface area contributed by atoms with Gasteiger partial charge in [0.15, 0.2) is 0 Å². The van der Waals surface area contributed by atoms with Gasteiger partial charge in [-0.3, -0.25) is 4.79 Å². The second-order valence-electron chi connectivity index (χ2n) is 5.01. The normalized spacial score (nSPS) is 26.5. The molecule has 0 aromatic heterocycles. The standard InChI is InChI=1S/C13H26N2O2/c1-2-11(7-8-16)15-13(17)12-6-4-3-5-10(12)9-14/h10-12,16H,2-9,14H2,1H3,(H,15,17). The minimum Gasteiger partial charge on any atom is -0.396 e. The van der Waals surface area contributed by atoms with Gasteiger partial charge in [-0.2, -0.15) is 0 Å². The van der Waals surface area contributed by atoms with E-state index in [-0.39, 0.29) is 24.5 Å². The Kier molecular flexibility index (Phi) is 6.52. The molecule has 1 aliphatic rings. The minimum atomic E-state index is 0.0847. The average Bonchev–Trinajstić information content (AvgIpc) is 2.38. The average molecular weight is 242 g/mol. The molecule has 4 N–H and O–H groups in total. The summed E-state index contributed by atoms with van der Waals surface area (Å²) in [7, 11) is 0. The number of aliphatic hydroxyl groups is 1. The van der Waals surface area contributed by atoms with Crippen molar-refractivity contribution in [3.8, 4) is 0 Å². The summed E-state index contributed by atoms with van der Waals surface area (Å²) in [4.78, 5) is 12.2. The SMILES string of the molecule is CCC(CCO)NC(=O)C1CCCCC1CN. The van der Waals surface area contributed by atoms with Crippen molar-refractivity contribution in [3.63, 3.8) is 0 Å². The highest BCUT2D eigenvalue weighted by Crippen LogP contribution is 2.29. The lowest BCUT2D eigenvalue weighted by Crippen LogP contribution is -2.44. The maximum absolute atomic E-state index is 12.2. The largest absolute Gasteiger partial charge is 0.396 e. The van der Waals surface area contributed by atoms with Crippen molar-refractivity contribution in [2.45, 2.75) is 51.5 Å². The van der Waals surface area contributed by atoms with Crippen molar-refractivity contribution in [2.75, 3.05) is 13.2 Å². The van der Waals surface area contributed by atoms with Crippen molar-refractivity contribution >= 4 is 5.91 Å². The van der Waals surface area contributed by atoms with Gasteiger partial charge in [0, 0.05) is 18.6 Å². The smallest absolute Gasteiger partial charge is 0.223 e. The van der Waals surface area contributed by atoms with Crippen LogP contribution in [0.1, 0.15) is 45.4 Å². The van der Waals surface area contributed by atoms with Gasteiger partial charge in [0.2, 0.25) is 5.91 Å². The number of rotatable bonds is 6. The summed E-state index contributed by atoms with van der Waals surface area (Å²) in [6.45, 7) is 2.76. The maximum Gasteiger partial charge on any atom is 0.223 e. The zero-order chi connectivity index (χ0) is 12.7. The minimum absolute atomic E-state index is 0.0847. The number of hydrogen-bond donors (Lipinski definition) is 3. The molecule has 0 radical (unpaired) electrons. The van der Waals surface area contributed by atoms with Gasteiger partial charge in [-0.1, -0.05) is 19.8 Å². The molecule has 1 rings (SSSR count). The second kappa shape index (κ2) is 7.67. The third-order valence-corrected chi connectivity index (χ3v) is 3.87. The highest BCUT2D eigenvalue weighted by molar-refractivity contribution is 5.79. The predicted molar refractivity (Wildman–Crippen MR) is 68.4 cm³/mol. The van der Waals surface area contributed by atoms with Crippen LogP contribution < -0.4 is 11.1 Å². The lowest BCUT2D eigenvalue weighted by Gasteiger charge is -2.31. The summed E-state index contributed by atoms with van der Waals surface area (Å²) in [5.41, 5.74) is 5.73. The van der Waals surface area contributed by atoms with E-state index < -0.39 is 0 Å². The van der Waals surface area contributed by atoms with Gasteiger partial charge in [0.25, 0.3) is 0 Å². The van der Waals surface area contributed by atoms with E-state index in [1.807, 2.05) is 6.92 Å². The van der Waals surface area contributed by atoms with Crippen LogP contribution >= 0.6 is 0 Å². The van der Waals surface area contributed by atoms with Crippen LogP contribution in [0.4, 0.5) is 0 Å². The molecule has 0 aromatic rings. The lowest BCUT2D eigenvalue weighted by molar-refractivity contribution is -0.128. The molecular formula is C13H26N2O2. The van der Waals surface area contributed by atoms with E-state index in [0.717, 1.165) is 25.7 Å². The first-order valence-corrected chi connectivity index (χ1v) is 6.84. The summed E-state index contributed by atoms with van der Waals surface area (Å²) in [5, 5.41) is 12.0. The fourth-order valence-electron chi connectivity index (χ4n) is 2.68. The summed E-state index contributed by atoms with van der Waals surface area (Å²) in [5.74, 6) is 0.567. The topological polar surface area (TPSA) is 75.3 Å². The second-order valence-corrected chi connectivity index (χ2v) is 5.01. The van der Waals surface area contributed by atoms with Crippen LogP contribution in [0.2, 0.25) is 0 Å². The summed E-state index contributed by atoms with van der Waals surface area (Å²) in [6.07, 6.45) is 5.87. The molecule has 0 aliphatic heterocycles. The first kappa shape index (κ1) is 14.5. The lowest BCUT2D eigenvalue weighted by atomic mass is 9.78. The van der Waals surface area contributed by atoms with E-state index in [1.165, 1.54) is 6.42 Å². The number of nitrogens with two attached hydrogens (primary N) is 1. The molecule has 0 saturated heterocycles. The first-order chi connectivity index (χ1) is 8.22. The van der Waals surface area contributed by atoms with Crippen LogP contribution in [0.3, 0.4) is 0 Å². The molecule has 3 unspecified atom stereocenters. The Morgan fingerprint density at radius 1 is 1.47 bits per heavy atom. The molecule has 0 spiro atoms. The van der Waals surface area contributed by atoms with E-state index in [9.17, 15) is 4.79 Å². The van der Waals surface area contributed by atoms with E-state index in [2.05, 4.69) is 5.32 Å². The molecule has 3 atom stereocenters. The fourth-order valence-corrected chi connectivity index (χ4v) is 2.68. The zero-order valence-electron chi connectivity index (χ0n) is 10.8. The number of hydrogen-bond acceptors (Lipinski definition) is 3. The van der Waals surface area contributed by atoms with Crippen molar-refractivity contribution < 1.29 is 9.90 Å². The maximum atomic E-state index is 12.2. The zero-order valence-corrected chi connectivity index (χ0v) is 10.8. The molecule has 4 heteroatoms. The Bertz CT molecular complexity index is 233. The Labute approximate surface area is 104 Å². The number of carbonyl (C=O) groups is 1. The Morgan fingerprint density at radius 3 is 2.76 bits per heavy atom. The monoisotopic (exact) mass is 242 g/mol. The number of aliphatic hydroxyl groups excluding tert-OH is 1. The van der Waals surface area contributed by atoms with Crippen LogP contribution in [-0.2, 0) is 4.79 Å². The molecule has 4 nitrogen and oxygen atoms in total. The van der Waals surface area contributed by atoms with Crippen LogP contribution in [0, 0.1) is 11.8 Å². The molecule has 17 heavy (non-hydrogen) atoms. The molecule has 100 valence electrons. The highest BCUT2D eigenvalue weighted by atomic mass is 16.3. The van der Waals surface area contributed by atoms with Gasteiger partial charge < -0.3 is 16.2 Å². The van der Waals surface area contributed by atoms with Crippen molar-refractivity contribution in [2.24, 2.45) is 17.6 Å². The Morgan fingerprint density at radius 2 is 2.18 bits per heavy atom. The number of carbonyl (C=O) groups excluding carboxylic acids is 1. The van der Waals surface area contributed by atoms with Gasteiger partial charge in [-0.05, 0) is 38.1 Å². The van der Waals surface area contributed by atoms with Crippen molar-refractivity contribution in [1.29, 1.82) is 0 Å². The Balaban J connectivity index is 2.49. The van der Waals surface area contributed by atoms with Gasteiger partial charge in [0.1, 0.15) is 0 Å². The van der Waals surface area contributed by atoms with Crippen LogP contribution in [0.25, 0.3) is 0 Å². The molecule has 0 aromatic carbocycles. The number of nitrogens with one attached hydrogen (secondary N) is 1. The van der Waals surface area contributed by atoms with E-state index in [1.54, 1.807) is 0 Å². The van der Waals surface area contributed by atoms with E-state index in [4.69, 9.17) is 10.8 Å². The van der Waals surface area contributed by atoms with Crippen molar-refractivity contribution in [1.82, 2.24) is 5.32 Å². The highest BCUT2D eigenvalue weighted by Gasteiger charge is 2.30. The van der Waals surface area contributed by atoms with Crippen molar-refractivity contribution in [3.05, 3.63) is 0 Å². The molecular weight excluding hydrogens is 216 g/mol. The van der Waals surface area contributed by atoms with E-state index in [0.29, 0.717) is 18.9 Å². The first-order valence-electron chi connectivity index (χ1n) is 6.84. The third kappa shape index (κ3) is 4.28. The quantitative estimate of drug-likeness (QED) is 0.651. The molecule has 1 fully saturated rings. The summed E-state index contributed by atoms with van der Waals surface area (Å²) >= 11 is 0. The van der Waals surface area contributed by atoms with Crippen LogP contribution in [0.15, 0.2) is 0 Å². The van der Waals surface area contributed by atoms with Crippen LogP contribution in [-0.4, -0.2) is 30.2 Å². The summed E-state index contributed by atoms with van der Waals surface area (Å²) in [6, 6.07) is 0.104. The molecule has 1 amide bonds. The van der Waals surface area contributed by atoms with Gasteiger partial charge in [-0.25, -0.2) is 0 Å². The molecule has 1 aliphatic carbocycles. The third-order valence-electron chi connectivity index (χ3n) is 3.87. The van der Waals surface area contributed by atoms with Crippen LogP contribution in [0.5, 0.6) is 0 Å². The van der Waals surface area contributed by atoms with Gasteiger partial charge in [-0.15, -0.1) is 0 Å². The fraction of sp³-hybridized carbons (Fsp3) is 0.923. The van der Waals surface area contributed by atoms with Gasteiger partial charge in [0.05, 0.1) is 0 Å². The molecule has 0 bridgehead atoms. The molecule has 1 saturated carbocycles. The number of amides is 1. The predicted octanol–water partition coefficient (Wildman–Crippen LogP) is 1.03. The summed E-state index contributed by atoms with van der Waals surface area (Å²) < 4.78 is 0. The van der Waals surface area contributed by atoms with Gasteiger partial charge >= 0.3 is 0 Å². The van der Waals surface area contributed by atoms with E-state index >= 15 is 0 Å². The Hall–Kier alpha value is -0.610.